The number of aromatic nitrogens is 2. The van der Waals surface area contributed by atoms with Gasteiger partial charge in [0.25, 0.3) is 9.05 Å². The SMILES string of the molecule is Cc1ccc2ccc(O)c(Br)c2n1.Cc1ccc2ccc(OS(=O)(=O)c3ccccc3)c(Br)c2n1.O=S(=O)(Cl)c1ccccc1. The van der Waals surface area contributed by atoms with E-state index in [-0.39, 0.29) is 21.3 Å². The van der Waals surface area contributed by atoms with Gasteiger partial charge in [0.15, 0.2) is 5.75 Å². The largest absolute Gasteiger partial charge is 0.507 e. The Labute approximate surface area is 282 Å². The van der Waals surface area contributed by atoms with E-state index in [0.29, 0.717) is 14.5 Å². The third kappa shape index (κ3) is 9.01. The fourth-order valence-electron chi connectivity index (χ4n) is 3.87. The van der Waals surface area contributed by atoms with Crippen molar-refractivity contribution in [1.29, 1.82) is 0 Å². The maximum Gasteiger partial charge on any atom is 0.339 e. The topological polar surface area (TPSA) is 124 Å². The van der Waals surface area contributed by atoms with E-state index in [1.165, 1.54) is 24.3 Å². The molecule has 4 aromatic carbocycles. The van der Waals surface area contributed by atoms with Gasteiger partial charge in [-0.25, -0.2) is 8.42 Å². The highest BCUT2D eigenvalue weighted by molar-refractivity contribution is 9.11. The molecule has 0 unspecified atom stereocenters. The number of fused-ring (bicyclic) bond motifs is 2. The van der Waals surface area contributed by atoms with E-state index in [4.69, 9.17) is 14.9 Å². The molecule has 0 spiro atoms. The van der Waals surface area contributed by atoms with E-state index in [0.717, 1.165) is 27.7 Å². The molecule has 0 radical (unpaired) electrons. The number of hydrogen-bond donors (Lipinski definition) is 1. The molecule has 8 nitrogen and oxygen atoms in total. The first-order chi connectivity index (χ1) is 21.3. The molecular formula is C32H25Br2ClN2O6S2. The summed E-state index contributed by atoms with van der Waals surface area (Å²) in [6, 6.07) is 30.6. The van der Waals surface area contributed by atoms with Crippen molar-refractivity contribution in [3.05, 3.63) is 130 Å². The molecule has 1 N–H and O–H groups in total. The first-order valence-corrected chi connectivity index (χ1v) is 18.4. The van der Waals surface area contributed by atoms with Crippen LogP contribution in [0.25, 0.3) is 21.8 Å². The van der Waals surface area contributed by atoms with Gasteiger partial charge in [0, 0.05) is 32.8 Å². The normalized spacial score (nSPS) is 11.2. The zero-order valence-electron chi connectivity index (χ0n) is 23.7. The van der Waals surface area contributed by atoms with Crippen molar-refractivity contribution in [3.63, 3.8) is 0 Å². The van der Waals surface area contributed by atoms with Crippen LogP contribution in [0.3, 0.4) is 0 Å². The minimum absolute atomic E-state index is 0.110. The molecule has 0 amide bonds. The van der Waals surface area contributed by atoms with Gasteiger partial charge in [0.1, 0.15) is 10.6 Å². The quantitative estimate of drug-likeness (QED) is 0.139. The molecule has 45 heavy (non-hydrogen) atoms. The highest BCUT2D eigenvalue weighted by Gasteiger charge is 2.19. The van der Waals surface area contributed by atoms with Gasteiger partial charge in [-0.2, -0.15) is 8.42 Å². The molecule has 13 heteroatoms. The van der Waals surface area contributed by atoms with E-state index in [1.807, 2.05) is 44.2 Å². The van der Waals surface area contributed by atoms with Crippen LogP contribution in [0.15, 0.2) is 128 Å². The number of rotatable bonds is 4. The lowest BCUT2D eigenvalue weighted by Gasteiger charge is -2.10. The fraction of sp³-hybridized carbons (Fsp3) is 0.0625. The molecule has 0 aliphatic heterocycles. The summed E-state index contributed by atoms with van der Waals surface area (Å²) >= 11 is 6.69. The number of benzene rings is 4. The van der Waals surface area contributed by atoms with Crippen LogP contribution in [0.4, 0.5) is 0 Å². The number of aryl methyl sites for hydroxylation is 2. The summed E-state index contributed by atoms with van der Waals surface area (Å²) in [5.41, 5.74) is 3.26. The molecule has 2 aromatic heterocycles. The molecule has 0 atom stereocenters. The third-order valence-corrected chi connectivity index (χ3v) is 10.2. The summed E-state index contributed by atoms with van der Waals surface area (Å²) in [7, 11) is -2.37. The number of hydrogen-bond acceptors (Lipinski definition) is 8. The number of aromatic hydroxyl groups is 1. The molecule has 6 rings (SSSR count). The summed E-state index contributed by atoms with van der Waals surface area (Å²) in [5, 5.41) is 11.3. The lowest BCUT2D eigenvalue weighted by Crippen LogP contribution is -2.10. The molecule has 2 heterocycles. The standard InChI is InChI=1S/C16H12BrNO3S.C10H8BrNO.C6H5ClO2S/c1-11-7-8-12-9-10-14(15(17)16(12)18-11)21-22(19,20)13-5-3-2-4-6-13;1-6-2-3-7-4-5-8(13)9(11)10(7)12-6;7-10(8,9)6-4-2-1-3-5-6/h2-10H,1H3;2-5,13H,1H3;1-5H. The van der Waals surface area contributed by atoms with E-state index in [1.54, 1.807) is 54.6 Å². The molecule has 0 fully saturated rings. The molecular weight excluding hydrogens is 768 g/mol. The van der Waals surface area contributed by atoms with Crippen molar-refractivity contribution >= 4 is 83.5 Å². The Bertz CT molecular complexity index is 2180. The van der Waals surface area contributed by atoms with Crippen LogP contribution in [0.1, 0.15) is 11.4 Å². The van der Waals surface area contributed by atoms with Crippen molar-refractivity contribution in [2.75, 3.05) is 0 Å². The zero-order valence-corrected chi connectivity index (χ0v) is 29.3. The number of nitrogens with zero attached hydrogens (tertiary/aromatic N) is 2. The number of phenolic OH excluding ortho intramolecular Hbond substituents is 1. The average Bonchev–Trinajstić information content (AvgIpc) is 3.02. The van der Waals surface area contributed by atoms with Crippen molar-refractivity contribution < 1.29 is 26.1 Å². The Kier molecular flexibility index (Phi) is 11.2. The number of phenols is 1. The van der Waals surface area contributed by atoms with Crippen molar-refractivity contribution in [3.8, 4) is 11.5 Å². The molecule has 0 bridgehead atoms. The Morgan fingerprint density at radius 1 is 0.622 bits per heavy atom. The zero-order chi connectivity index (χ0) is 32.8. The highest BCUT2D eigenvalue weighted by atomic mass is 79.9. The van der Waals surface area contributed by atoms with Gasteiger partial charge in [0.2, 0.25) is 0 Å². The summed E-state index contributed by atoms with van der Waals surface area (Å²) in [5.74, 6) is 0.444. The molecule has 6 aromatic rings. The maximum absolute atomic E-state index is 12.3. The molecule has 0 aliphatic carbocycles. The Hall–Kier alpha value is -3.55. The third-order valence-electron chi connectivity index (χ3n) is 6.08. The lowest BCUT2D eigenvalue weighted by atomic mass is 10.2. The lowest BCUT2D eigenvalue weighted by molar-refractivity contribution is 0.472. The molecule has 0 saturated heterocycles. The number of pyridine rings is 2. The van der Waals surface area contributed by atoms with Gasteiger partial charge in [0.05, 0.1) is 24.9 Å². The van der Waals surface area contributed by atoms with Crippen LogP contribution in [0.2, 0.25) is 0 Å². The minimum Gasteiger partial charge on any atom is -0.507 e. The van der Waals surface area contributed by atoms with Gasteiger partial charge >= 0.3 is 10.1 Å². The second kappa shape index (κ2) is 14.7. The molecule has 0 saturated carbocycles. The van der Waals surface area contributed by atoms with Crippen LogP contribution in [-0.2, 0) is 19.2 Å². The van der Waals surface area contributed by atoms with Gasteiger partial charge < -0.3 is 9.29 Å². The van der Waals surface area contributed by atoms with Crippen LogP contribution in [0.5, 0.6) is 11.5 Å². The highest BCUT2D eigenvalue weighted by Crippen LogP contribution is 2.34. The molecule has 232 valence electrons. The first kappa shape index (κ1) is 34.3. The second-order valence-electron chi connectivity index (χ2n) is 9.43. The number of halogens is 3. The van der Waals surface area contributed by atoms with Crippen molar-refractivity contribution in [2.45, 2.75) is 23.6 Å². The fourth-order valence-corrected chi connectivity index (χ4v) is 6.72. The Balaban J connectivity index is 0.000000170. The maximum atomic E-state index is 12.3. The predicted molar refractivity (Wildman–Crippen MR) is 184 cm³/mol. The van der Waals surface area contributed by atoms with E-state index in [9.17, 15) is 21.9 Å². The second-order valence-corrected chi connectivity index (χ2v) is 15.1. The van der Waals surface area contributed by atoms with Crippen LogP contribution >= 0.6 is 42.5 Å². The van der Waals surface area contributed by atoms with Crippen LogP contribution < -0.4 is 4.18 Å². The monoisotopic (exact) mass is 790 g/mol. The summed E-state index contributed by atoms with van der Waals surface area (Å²) in [4.78, 5) is 8.99. The predicted octanol–water partition coefficient (Wildman–Crippen LogP) is 8.70. The summed E-state index contributed by atoms with van der Waals surface area (Å²) < 4.78 is 52.2. The van der Waals surface area contributed by atoms with E-state index in [2.05, 4.69) is 41.8 Å². The summed E-state index contributed by atoms with van der Waals surface area (Å²) in [6.07, 6.45) is 0. The first-order valence-electron chi connectivity index (χ1n) is 13.1. The average molecular weight is 793 g/mol. The molecule has 0 aliphatic rings. The van der Waals surface area contributed by atoms with Gasteiger partial charge in [-0.15, -0.1) is 0 Å². The van der Waals surface area contributed by atoms with Gasteiger partial charge in [-0.3, -0.25) is 9.97 Å². The Morgan fingerprint density at radius 2 is 1.07 bits per heavy atom. The van der Waals surface area contributed by atoms with E-state index < -0.39 is 19.2 Å². The van der Waals surface area contributed by atoms with Crippen molar-refractivity contribution in [2.24, 2.45) is 0 Å². The van der Waals surface area contributed by atoms with Crippen LogP contribution in [-0.4, -0.2) is 31.9 Å². The summed E-state index contributed by atoms with van der Waals surface area (Å²) in [6.45, 7) is 3.80. The smallest absolute Gasteiger partial charge is 0.339 e. The Morgan fingerprint density at radius 3 is 1.56 bits per heavy atom. The van der Waals surface area contributed by atoms with Crippen molar-refractivity contribution in [1.82, 2.24) is 9.97 Å². The van der Waals surface area contributed by atoms with Gasteiger partial charge in [-0.05, 0) is 106 Å². The van der Waals surface area contributed by atoms with Crippen LogP contribution in [0, 0.1) is 13.8 Å². The minimum atomic E-state index is -3.87. The van der Waals surface area contributed by atoms with Gasteiger partial charge in [-0.1, -0.05) is 48.5 Å². The van der Waals surface area contributed by atoms with E-state index >= 15 is 0 Å².